The van der Waals surface area contributed by atoms with Crippen LogP contribution in [0.4, 0.5) is 13.2 Å². The van der Waals surface area contributed by atoms with Crippen LogP contribution < -0.4 is 4.74 Å². The fourth-order valence-corrected chi connectivity index (χ4v) is 4.68. The minimum absolute atomic E-state index is 0.00650. The SMILES string of the molecule is O=C(O)CCc1[nH]c2ccc(OCc3ccc(C4CCCC4)c(C(F)(F)F)c3)cc2c1Cl. The van der Waals surface area contributed by atoms with Crippen molar-refractivity contribution in [2.45, 2.75) is 57.2 Å². The second-order valence-corrected chi connectivity index (χ2v) is 8.59. The number of hydrogen-bond donors (Lipinski definition) is 2. The lowest BCUT2D eigenvalue weighted by atomic mass is 9.91. The van der Waals surface area contributed by atoms with Gasteiger partial charge in [0.15, 0.2) is 0 Å². The molecule has 1 fully saturated rings. The van der Waals surface area contributed by atoms with Crippen LogP contribution in [0.15, 0.2) is 36.4 Å². The molecule has 0 amide bonds. The van der Waals surface area contributed by atoms with Gasteiger partial charge in [-0.15, -0.1) is 0 Å². The maximum Gasteiger partial charge on any atom is 0.416 e. The number of rotatable bonds is 7. The van der Waals surface area contributed by atoms with E-state index in [1.165, 1.54) is 6.07 Å². The summed E-state index contributed by atoms with van der Waals surface area (Å²) in [5.74, 6) is -0.479. The molecular formula is C24H23ClF3NO3. The maximum atomic E-state index is 13.7. The smallest absolute Gasteiger partial charge is 0.416 e. The molecule has 0 spiro atoms. The number of aliphatic carboxylic acids is 1. The number of halogens is 4. The molecule has 0 radical (unpaired) electrons. The number of hydrogen-bond acceptors (Lipinski definition) is 2. The van der Waals surface area contributed by atoms with Crippen molar-refractivity contribution < 1.29 is 27.8 Å². The zero-order valence-electron chi connectivity index (χ0n) is 17.3. The predicted molar refractivity (Wildman–Crippen MR) is 116 cm³/mol. The van der Waals surface area contributed by atoms with Gasteiger partial charge in [-0.3, -0.25) is 4.79 Å². The molecule has 8 heteroatoms. The number of alkyl halides is 3. The van der Waals surface area contributed by atoms with Gasteiger partial charge in [-0.2, -0.15) is 13.2 Å². The molecule has 4 nitrogen and oxygen atoms in total. The molecular weight excluding hydrogens is 443 g/mol. The molecule has 1 saturated carbocycles. The number of carbonyl (C=O) groups is 1. The molecule has 32 heavy (non-hydrogen) atoms. The minimum Gasteiger partial charge on any atom is -0.489 e. The third kappa shape index (κ3) is 4.88. The van der Waals surface area contributed by atoms with E-state index in [2.05, 4.69) is 4.98 Å². The number of nitrogens with one attached hydrogen (secondary N) is 1. The fourth-order valence-electron chi connectivity index (χ4n) is 4.39. The Labute approximate surface area is 188 Å². The molecule has 0 bridgehead atoms. The number of ether oxygens (including phenoxy) is 1. The van der Waals surface area contributed by atoms with E-state index < -0.39 is 17.7 Å². The van der Waals surface area contributed by atoms with Gasteiger partial charge < -0.3 is 14.8 Å². The Balaban J connectivity index is 1.52. The molecule has 0 unspecified atom stereocenters. The number of aromatic nitrogens is 1. The van der Waals surface area contributed by atoms with Crippen LogP contribution in [0.3, 0.4) is 0 Å². The topological polar surface area (TPSA) is 62.3 Å². The van der Waals surface area contributed by atoms with E-state index in [0.717, 1.165) is 31.2 Å². The molecule has 3 aromatic rings. The van der Waals surface area contributed by atoms with Gasteiger partial charge in [-0.05, 0) is 60.6 Å². The van der Waals surface area contributed by atoms with Crippen molar-refractivity contribution in [1.82, 2.24) is 4.98 Å². The van der Waals surface area contributed by atoms with Crippen LogP contribution in [0.5, 0.6) is 5.75 Å². The third-order valence-corrected chi connectivity index (χ3v) is 6.42. The molecule has 0 atom stereocenters. The van der Waals surface area contributed by atoms with E-state index in [1.54, 1.807) is 30.3 Å². The zero-order chi connectivity index (χ0) is 22.9. The van der Waals surface area contributed by atoms with Gasteiger partial charge in [-0.25, -0.2) is 0 Å². The molecule has 4 rings (SSSR count). The van der Waals surface area contributed by atoms with Gasteiger partial charge in [0.2, 0.25) is 0 Å². The van der Waals surface area contributed by atoms with Gasteiger partial charge in [0.05, 0.1) is 17.0 Å². The first-order valence-corrected chi connectivity index (χ1v) is 10.9. The summed E-state index contributed by atoms with van der Waals surface area (Å²) in [6.07, 6.45) is -0.654. The Kier molecular flexibility index (Phi) is 6.38. The Hall–Kier alpha value is -2.67. The fraction of sp³-hybridized carbons (Fsp3) is 0.375. The quantitative estimate of drug-likeness (QED) is 0.391. The lowest BCUT2D eigenvalue weighted by molar-refractivity contribution is -0.138. The monoisotopic (exact) mass is 465 g/mol. The number of carboxylic acid groups (broad SMARTS) is 1. The summed E-state index contributed by atoms with van der Waals surface area (Å²) in [5.41, 5.74) is 1.62. The first-order chi connectivity index (χ1) is 15.2. The van der Waals surface area contributed by atoms with E-state index in [1.807, 2.05) is 0 Å². The Morgan fingerprint density at radius 1 is 1.16 bits per heavy atom. The summed E-state index contributed by atoms with van der Waals surface area (Å²) in [5, 5.41) is 9.96. The van der Waals surface area contributed by atoms with Crippen LogP contribution in [0.25, 0.3) is 10.9 Å². The Morgan fingerprint density at radius 2 is 1.91 bits per heavy atom. The van der Waals surface area contributed by atoms with Gasteiger partial charge in [0.25, 0.3) is 0 Å². The van der Waals surface area contributed by atoms with Gasteiger partial charge >= 0.3 is 12.1 Å². The highest BCUT2D eigenvalue weighted by atomic mass is 35.5. The predicted octanol–water partition coefficient (Wildman–Crippen LogP) is 7.09. The first kappa shape index (κ1) is 22.5. The van der Waals surface area contributed by atoms with Crippen molar-refractivity contribution in [3.8, 4) is 5.75 Å². The van der Waals surface area contributed by atoms with Crippen molar-refractivity contribution in [2.24, 2.45) is 0 Å². The first-order valence-electron chi connectivity index (χ1n) is 10.6. The number of carboxylic acids is 1. The number of aromatic amines is 1. The van der Waals surface area contributed by atoms with Crippen LogP contribution in [-0.4, -0.2) is 16.1 Å². The zero-order valence-corrected chi connectivity index (χ0v) is 18.0. The molecule has 2 N–H and O–H groups in total. The molecule has 0 aliphatic heterocycles. The van der Waals surface area contributed by atoms with Crippen LogP contribution in [0, 0.1) is 0 Å². The van der Waals surface area contributed by atoms with E-state index in [0.29, 0.717) is 33.0 Å². The number of fused-ring (bicyclic) bond motifs is 1. The minimum atomic E-state index is -4.40. The van der Waals surface area contributed by atoms with Crippen molar-refractivity contribution >= 4 is 28.5 Å². The summed E-state index contributed by atoms with van der Waals surface area (Å²) >= 11 is 6.38. The highest BCUT2D eigenvalue weighted by Gasteiger charge is 2.36. The Bertz CT molecular complexity index is 1130. The Morgan fingerprint density at radius 3 is 2.59 bits per heavy atom. The number of H-pyrrole nitrogens is 1. The standard InChI is InChI=1S/C24H23ClF3NO3/c25-23-18-12-16(6-8-20(18)29-21(23)9-10-22(30)31)32-13-14-5-7-17(15-3-1-2-4-15)19(11-14)24(26,27)28/h5-8,11-12,15,29H,1-4,9-10,13H2,(H,30,31). The van der Waals surface area contributed by atoms with Crippen LogP contribution in [0.1, 0.15) is 60.4 Å². The summed E-state index contributed by atoms with van der Waals surface area (Å²) in [7, 11) is 0. The molecule has 2 aromatic carbocycles. The normalized spacial score (nSPS) is 14.9. The second kappa shape index (κ2) is 9.06. The summed E-state index contributed by atoms with van der Waals surface area (Å²) in [6, 6.07) is 9.65. The second-order valence-electron chi connectivity index (χ2n) is 8.21. The lowest BCUT2D eigenvalue weighted by Crippen LogP contribution is -2.12. The lowest BCUT2D eigenvalue weighted by Gasteiger charge is -2.19. The van der Waals surface area contributed by atoms with Crippen molar-refractivity contribution in [3.63, 3.8) is 0 Å². The molecule has 0 saturated heterocycles. The average molecular weight is 466 g/mol. The van der Waals surface area contributed by atoms with Crippen LogP contribution in [0.2, 0.25) is 5.02 Å². The molecule has 1 aromatic heterocycles. The molecule has 1 aliphatic carbocycles. The van der Waals surface area contributed by atoms with Crippen LogP contribution in [-0.2, 0) is 24.0 Å². The van der Waals surface area contributed by atoms with E-state index in [9.17, 15) is 18.0 Å². The average Bonchev–Trinajstić information content (AvgIpc) is 3.38. The largest absolute Gasteiger partial charge is 0.489 e. The summed E-state index contributed by atoms with van der Waals surface area (Å²) < 4.78 is 46.8. The summed E-state index contributed by atoms with van der Waals surface area (Å²) in [6.45, 7) is -0.00650. The third-order valence-electron chi connectivity index (χ3n) is 5.99. The van der Waals surface area contributed by atoms with Crippen molar-refractivity contribution in [2.75, 3.05) is 0 Å². The highest BCUT2D eigenvalue weighted by molar-refractivity contribution is 6.36. The van der Waals surface area contributed by atoms with Crippen molar-refractivity contribution in [1.29, 1.82) is 0 Å². The van der Waals surface area contributed by atoms with E-state index in [4.69, 9.17) is 21.4 Å². The van der Waals surface area contributed by atoms with Gasteiger partial charge in [0, 0.05) is 16.6 Å². The number of benzene rings is 2. The number of aryl methyl sites for hydroxylation is 1. The van der Waals surface area contributed by atoms with E-state index in [-0.39, 0.29) is 25.4 Å². The molecule has 1 heterocycles. The molecule has 170 valence electrons. The van der Waals surface area contributed by atoms with Gasteiger partial charge in [-0.1, -0.05) is 36.6 Å². The highest BCUT2D eigenvalue weighted by Crippen LogP contribution is 2.42. The van der Waals surface area contributed by atoms with Crippen LogP contribution >= 0.6 is 11.6 Å². The summed E-state index contributed by atoms with van der Waals surface area (Å²) in [4.78, 5) is 13.9. The molecule has 1 aliphatic rings. The maximum absolute atomic E-state index is 13.7. The van der Waals surface area contributed by atoms with Gasteiger partial charge in [0.1, 0.15) is 12.4 Å². The van der Waals surface area contributed by atoms with Crippen molar-refractivity contribution in [3.05, 3.63) is 63.8 Å². The van der Waals surface area contributed by atoms with E-state index >= 15 is 0 Å².